The summed E-state index contributed by atoms with van der Waals surface area (Å²) >= 11 is 0. The van der Waals surface area contributed by atoms with Gasteiger partial charge in [0, 0.05) is 0 Å². The molecular weight excluding hydrogens is 156 g/mol. The van der Waals surface area contributed by atoms with E-state index >= 15 is 0 Å². The van der Waals surface area contributed by atoms with Crippen molar-refractivity contribution in [3.8, 4) is 0 Å². The lowest BCUT2D eigenvalue weighted by Crippen LogP contribution is -2.01. The Morgan fingerprint density at radius 1 is 1.23 bits per heavy atom. The van der Waals surface area contributed by atoms with Gasteiger partial charge in [-0.3, -0.25) is 0 Å². The van der Waals surface area contributed by atoms with E-state index in [0.29, 0.717) is 0 Å². The Hall–Kier alpha value is -0.780. The van der Waals surface area contributed by atoms with E-state index < -0.39 is 0 Å². The zero-order chi connectivity index (χ0) is 9.26. The molecule has 1 fully saturated rings. The highest BCUT2D eigenvalue weighted by atomic mass is 14.3. The summed E-state index contributed by atoms with van der Waals surface area (Å²) in [5, 5.41) is 0. The maximum Gasteiger partial charge on any atom is -0.0136 e. The van der Waals surface area contributed by atoms with Crippen LogP contribution < -0.4 is 0 Å². The average molecular weight is 174 g/mol. The predicted octanol–water partition coefficient (Wildman–Crippen LogP) is 3.90. The van der Waals surface area contributed by atoms with Crippen molar-refractivity contribution in [1.29, 1.82) is 0 Å². The molecular formula is C13H18. The Bertz CT molecular complexity index is 288. The zero-order valence-corrected chi connectivity index (χ0v) is 8.59. The van der Waals surface area contributed by atoms with Crippen LogP contribution in [0.1, 0.15) is 43.2 Å². The summed E-state index contributed by atoms with van der Waals surface area (Å²) in [6, 6.07) is 9.02. The van der Waals surface area contributed by atoms with Gasteiger partial charge < -0.3 is 0 Å². The van der Waals surface area contributed by atoms with Gasteiger partial charge in [-0.15, -0.1) is 0 Å². The molecule has 0 aliphatic heterocycles. The second-order valence-electron chi connectivity index (χ2n) is 4.43. The highest BCUT2D eigenvalue weighted by Crippen LogP contribution is 2.39. The number of rotatable bonds is 1. The molecule has 0 saturated heterocycles. The molecule has 0 radical (unpaired) electrons. The van der Waals surface area contributed by atoms with Crippen molar-refractivity contribution in [3.05, 3.63) is 35.4 Å². The molecule has 0 heterocycles. The van der Waals surface area contributed by atoms with Crippen LogP contribution in [0.4, 0.5) is 0 Å². The Morgan fingerprint density at radius 3 is 2.69 bits per heavy atom. The van der Waals surface area contributed by atoms with Gasteiger partial charge in [-0.05, 0) is 30.7 Å². The maximum absolute atomic E-state index is 2.39. The van der Waals surface area contributed by atoms with Crippen LogP contribution in [0.25, 0.3) is 0 Å². The van der Waals surface area contributed by atoms with E-state index in [-0.39, 0.29) is 0 Å². The summed E-state index contributed by atoms with van der Waals surface area (Å²) < 4.78 is 0. The van der Waals surface area contributed by atoms with Gasteiger partial charge in [0.15, 0.2) is 0 Å². The summed E-state index contributed by atoms with van der Waals surface area (Å²) in [5.41, 5.74) is 2.96. The minimum absolute atomic E-state index is 0.833. The quantitative estimate of drug-likeness (QED) is 0.605. The fourth-order valence-electron chi connectivity index (χ4n) is 2.54. The SMILES string of the molecule is Cc1cccc([C@H]2CCC[C@H]2C)c1. The number of hydrogen-bond acceptors (Lipinski definition) is 0. The summed E-state index contributed by atoms with van der Waals surface area (Å²) in [6.07, 6.45) is 4.23. The monoisotopic (exact) mass is 174 g/mol. The number of aryl methyl sites for hydroxylation is 1. The molecule has 2 rings (SSSR count). The third-order valence-corrected chi connectivity index (χ3v) is 3.33. The van der Waals surface area contributed by atoms with Crippen molar-refractivity contribution in [2.24, 2.45) is 5.92 Å². The highest BCUT2D eigenvalue weighted by Gasteiger charge is 2.24. The van der Waals surface area contributed by atoms with Gasteiger partial charge >= 0.3 is 0 Å². The highest BCUT2D eigenvalue weighted by molar-refractivity contribution is 5.26. The lowest BCUT2D eigenvalue weighted by atomic mass is 9.89. The van der Waals surface area contributed by atoms with Gasteiger partial charge in [0.05, 0.1) is 0 Å². The molecule has 0 heteroatoms. The lowest BCUT2D eigenvalue weighted by Gasteiger charge is -2.15. The third-order valence-electron chi connectivity index (χ3n) is 3.33. The van der Waals surface area contributed by atoms with Crippen LogP contribution in [0.15, 0.2) is 24.3 Å². The molecule has 0 aromatic heterocycles. The molecule has 70 valence electrons. The van der Waals surface area contributed by atoms with Crippen LogP contribution in [0, 0.1) is 12.8 Å². The van der Waals surface area contributed by atoms with Gasteiger partial charge in [-0.1, -0.05) is 49.6 Å². The number of hydrogen-bond donors (Lipinski definition) is 0. The standard InChI is InChI=1S/C13H18/c1-10-5-3-7-12(9-10)13-8-4-6-11(13)2/h3,5,7,9,11,13H,4,6,8H2,1-2H3/t11-,13+/m1/s1. The molecule has 0 nitrogen and oxygen atoms in total. The van der Waals surface area contributed by atoms with Crippen LogP contribution >= 0.6 is 0 Å². The fraction of sp³-hybridized carbons (Fsp3) is 0.538. The number of benzene rings is 1. The van der Waals surface area contributed by atoms with E-state index in [1.54, 1.807) is 5.56 Å². The van der Waals surface area contributed by atoms with E-state index in [0.717, 1.165) is 11.8 Å². The first kappa shape index (κ1) is 8.80. The summed E-state index contributed by atoms with van der Waals surface area (Å²) in [7, 11) is 0. The molecule has 1 saturated carbocycles. The van der Waals surface area contributed by atoms with Crippen LogP contribution in [0.3, 0.4) is 0 Å². The van der Waals surface area contributed by atoms with E-state index in [1.165, 1.54) is 24.8 Å². The molecule has 0 bridgehead atoms. The summed E-state index contributed by atoms with van der Waals surface area (Å²) in [6.45, 7) is 4.57. The Kier molecular flexibility index (Phi) is 2.39. The first-order chi connectivity index (χ1) is 6.27. The Labute approximate surface area is 81.0 Å². The van der Waals surface area contributed by atoms with E-state index in [4.69, 9.17) is 0 Å². The van der Waals surface area contributed by atoms with Gasteiger partial charge in [-0.2, -0.15) is 0 Å². The normalized spacial score (nSPS) is 27.8. The largest absolute Gasteiger partial charge is 0.0619 e. The van der Waals surface area contributed by atoms with Crippen LogP contribution in [0.5, 0.6) is 0 Å². The molecule has 0 spiro atoms. The van der Waals surface area contributed by atoms with Crippen molar-refractivity contribution in [2.75, 3.05) is 0 Å². The molecule has 1 aliphatic carbocycles. The van der Waals surface area contributed by atoms with Gasteiger partial charge in [0.25, 0.3) is 0 Å². The molecule has 1 aromatic rings. The summed E-state index contributed by atoms with van der Waals surface area (Å²) in [4.78, 5) is 0. The molecule has 13 heavy (non-hydrogen) atoms. The van der Waals surface area contributed by atoms with E-state index in [1.807, 2.05) is 0 Å². The molecule has 0 amide bonds. The predicted molar refractivity (Wildman–Crippen MR) is 56.9 cm³/mol. The van der Waals surface area contributed by atoms with Crippen LogP contribution in [0.2, 0.25) is 0 Å². The minimum Gasteiger partial charge on any atom is -0.0619 e. The molecule has 1 aliphatic rings. The fourth-order valence-corrected chi connectivity index (χ4v) is 2.54. The Morgan fingerprint density at radius 2 is 2.08 bits per heavy atom. The first-order valence-electron chi connectivity index (χ1n) is 5.34. The van der Waals surface area contributed by atoms with Crippen LogP contribution in [-0.4, -0.2) is 0 Å². The van der Waals surface area contributed by atoms with Gasteiger partial charge in [0.1, 0.15) is 0 Å². The second kappa shape index (κ2) is 3.53. The molecule has 1 aromatic carbocycles. The van der Waals surface area contributed by atoms with Crippen molar-refractivity contribution in [2.45, 2.75) is 39.0 Å². The van der Waals surface area contributed by atoms with Gasteiger partial charge in [-0.25, -0.2) is 0 Å². The van der Waals surface area contributed by atoms with Crippen molar-refractivity contribution < 1.29 is 0 Å². The lowest BCUT2D eigenvalue weighted by molar-refractivity contribution is 0.533. The molecule has 2 atom stereocenters. The van der Waals surface area contributed by atoms with Crippen molar-refractivity contribution in [3.63, 3.8) is 0 Å². The minimum atomic E-state index is 0.833. The third kappa shape index (κ3) is 1.77. The molecule has 0 unspecified atom stereocenters. The van der Waals surface area contributed by atoms with Crippen molar-refractivity contribution >= 4 is 0 Å². The van der Waals surface area contributed by atoms with Gasteiger partial charge in [0.2, 0.25) is 0 Å². The topological polar surface area (TPSA) is 0 Å². The van der Waals surface area contributed by atoms with E-state index in [9.17, 15) is 0 Å². The van der Waals surface area contributed by atoms with E-state index in [2.05, 4.69) is 38.1 Å². The zero-order valence-electron chi connectivity index (χ0n) is 8.59. The maximum atomic E-state index is 2.39. The average Bonchev–Trinajstić information content (AvgIpc) is 2.51. The van der Waals surface area contributed by atoms with Crippen LogP contribution in [-0.2, 0) is 0 Å². The smallest absolute Gasteiger partial charge is 0.0136 e. The summed E-state index contributed by atoms with van der Waals surface area (Å²) in [5.74, 6) is 1.72. The Balaban J connectivity index is 2.24. The first-order valence-corrected chi connectivity index (χ1v) is 5.34. The second-order valence-corrected chi connectivity index (χ2v) is 4.43. The molecule has 0 N–H and O–H groups in total. The van der Waals surface area contributed by atoms with Crippen molar-refractivity contribution in [1.82, 2.24) is 0 Å².